The summed E-state index contributed by atoms with van der Waals surface area (Å²) in [6.07, 6.45) is -1.00. The van der Waals surface area contributed by atoms with Crippen molar-refractivity contribution < 1.29 is 22.7 Å². The van der Waals surface area contributed by atoms with Crippen molar-refractivity contribution in [2.45, 2.75) is 11.0 Å². The number of fused-ring (bicyclic) bond motifs is 1. The van der Waals surface area contributed by atoms with Gasteiger partial charge < -0.3 is 14.8 Å². The lowest BCUT2D eigenvalue weighted by Gasteiger charge is -2.34. The quantitative estimate of drug-likeness (QED) is 0.532. The predicted octanol–water partition coefficient (Wildman–Crippen LogP) is 3.49. The number of rotatable bonds is 7. The Labute approximate surface area is 191 Å². The highest BCUT2D eigenvalue weighted by Gasteiger charge is 2.37. The molecule has 0 saturated carbocycles. The van der Waals surface area contributed by atoms with E-state index in [9.17, 15) is 13.2 Å². The molecule has 1 N–H and O–H groups in total. The molecule has 1 amide bonds. The number of anilines is 1. The summed E-state index contributed by atoms with van der Waals surface area (Å²) in [4.78, 5) is 12.9. The fourth-order valence-electron chi connectivity index (χ4n) is 3.27. The Bertz CT molecular complexity index is 1190. The number of sulfonamides is 1. The molecule has 4 rings (SSSR count). The fraction of sp³-hybridized carbons (Fsp3) is 0.174. The van der Waals surface area contributed by atoms with E-state index in [1.54, 1.807) is 66.7 Å². The van der Waals surface area contributed by atoms with Gasteiger partial charge in [-0.15, -0.1) is 0 Å². The zero-order chi connectivity index (χ0) is 22.6. The SMILES string of the molecule is O=C(NCCOc1ccc(Cl)cc1)[C@@H]1CN(S(=O)(=O)c2ccccc2)c2ccccc2O1. The average Bonchev–Trinajstić information content (AvgIpc) is 2.82. The van der Waals surface area contributed by atoms with Gasteiger partial charge in [0.2, 0.25) is 0 Å². The number of ether oxygens (including phenoxy) is 2. The summed E-state index contributed by atoms with van der Waals surface area (Å²) >= 11 is 5.85. The van der Waals surface area contributed by atoms with Gasteiger partial charge in [-0.2, -0.15) is 0 Å². The normalized spacial score (nSPS) is 15.4. The second-order valence-corrected chi connectivity index (χ2v) is 9.32. The lowest BCUT2D eigenvalue weighted by molar-refractivity contribution is -0.127. The van der Waals surface area contributed by atoms with Crippen LogP contribution in [0.1, 0.15) is 0 Å². The second-order valence-electron chi connectivity index (χ2n) is 7.02. The predicted molar refractivity (Wildman–Crippen MR) is 122 cm³/mol. The fourth-order valence-corrected chi connectivity index (χ4v) is 4.90. The molecule has 9 heteroatoms. The summed E-state index contributed by atoms with van der Waals surface area (Å²) in [6.45, 7) is 0.329. The first-order chi connectivity index (χ1) is 15.4. The minimum atomic E-state index is -3.87. The van der Waals surface area contributed by atoms with Crippen LogP contribution >= 0.6 is 11.6 Å². The number of para-hydroxylation sites is 2. The Morgan fingerprint density at radius 3 is 2.47 bits per heavy atom. The number of carbonyl (C=O) groups is 1. The van der Waals surface area contributed by atoms with Crippen molar-refractivity contribution in [3.05, 3.63) is 83.9 Å². The van der Waals surface area contributed by atoms with Crippen LogP contribution in [-0.4, -0.2) is 40.1 Å². The molecule has 0 aromatic heterocycles. The van der Waals surface area contributed by atoms with Crippen LogP contribution in [0.15, 0.2) is 83.8 Å². The Morgan fingerprint density at radius 2 is 1.72 bits per heavy atom. The topological polar surface area (TPSA) is 84.9 Å². The van der Waals surface area contributed by atoms with Crippen molar-refractivity contribution in [3.63, 3.8) is 0 Å². The lowest BCUT2D eigenvalue weighted by atomic mass is 10.2. The molecule has 0 bridgehead atoms. The van der Waals surface area contributed by atoms with Crippen LogP contribution in [0.4, 0.5) is 5.69 Å². The zero-order valence-electron chi connectivity index (χ0n) is 17.0. The summed E-state index contributed by atoms with van der Waals surface area (Å²) in [6, 6.07) is 21.8. The molecule has 0 radical (unpaired) electrons. The summed E-state index contributed by atoms with van der Waals surface area (Å²) in [5, 5.41) is 3.35. The Hall–Kier alpha value is -3.23. The first-order valence-corrected chi connectivity index (χ1v) is 11.8. The molecule has 0 spiro atoms. The molecular weight excluding hydrogens is 452 g/mol. The maximum absolute atomic E-state index is 13.3. The van der Waals surface area contributed by atoms with E-state index in [2.05, 4.69) is 5.32 Å². The number of hydrogen-bond acceptors (Lipinski definition) is 5. The van der Waals surface area contributed by atoms with Crippen LogP contribution in [-0.2, 0) is 14.8 Å². The molecule has 0 saturated heterocycles. The molecule has 1 aliphatic heterocycles. The van der Waals surface area contributed by atoms with Crippen LogP contribution in [0.3, 0.4) is 0 Å². The van der Waals surface area contributed by atoms with Crippen molar-refractivity contribution in [2.24, 2.45) is 0 Å². The number of carbonyl (C=O) groups excluding carboxylic acids is 1. The molecule has 32 heavy (non-hydrogen) atoms. The number of benzene rings is 3. The van der Waals surface area contributed by atoms with Gasteiger partial charge in [0, 0.05) is 5.02 Å². The van der Waals surface area contributed by atoms with Crippen LogP contribution in [0.25, 0.3) is 0 Å². The van der Waals surface area contributed by atoms with E-state index >= 15 is 0 Å². The maximum atomic E-state index is 13.3. The van der Waals surface area contributed by atoms with Crippen LogP contribution in [0.5, 0.6) is 11.5 Å². The molecule has 166 valence electrons. The molecule has 0 unspecified atom stereocenters. The monoisotopic (exact) mass is 472 g/mol. The van der Waals surface area contributed by atoms with E-state index in [1.807, 2.05) is 0 Å². The number of hydrogen-bond donors (Lipinski definition) is 1. The van der Waals surface area contributed by atoms with Crippen molar-refractivity contribution >= 4 is 33.2 Å². The largest absolute Gasteiger partial charge is 0.492 e. The highest BCUT2D eigenvalue weighted by atomic mass is 35.5. The number of amides is 1. The van der Waals surface area contributed by atoms with Gasteiger partial charge in [0.25, 0.3) is 15.9 Å². The average molecular weight is 473 g/mol. The zero-order valence-corrected chi connectivity index (χ0v) is 18.6. The van der Waals surface area contributed by atoms with Gasteiger partial charge in [-0.25, -0.2) is 8.42 Å². The molecule has 3 aromatic rings. The molecular formula is C23H21ClN2O5S. The van der Waals surface area contributed by atoms with Gasteiger partial charge in [0.15, 0.2) is 6.10 Å². The van der Waals surface area contributed by atoms with E-state index < -0.39 is 22.0 Å². The van der Waals surface area contributed by atoms with Crippen molar-refractivity contribution in [3.8, 4) is 11.5 Å². The van der Waals surface area contributed by atoms with Crippen LogP contribution in [0, 0.1) is 0 Å². The van der Waals surface area contributed by atoms with Gasteiger partial charge in [0.05, 0.1) is 23.7 Å². The third kappa shape index (κ3) is 4.81. The molecule has 7 nitrogen and oxygen atoms in total. The highest BCUT2D eigenvalue weighted by molar-refractivity contribution is 7.92. The van der Waals surface area contributed by atoms with E-state index in [0.29, 0.717) is 22.2 Å². The van der Waals surface area contributed by atoms with Crippen molar-refractivity contribution in [1.82, 2.24) is 5.32 Å². The van der Waals surface area contributed by atoms with Gasteiger partial charge in [-0.1, -0.05) is 41.9 Å². The molecule has 1 atom stereocenters. The first-order valence-electron chi connectivity index (χ1n) is 9.95. The first kappa shape index (κ1) is 22.0. The number of nitrogens with zero attached hydrogens (tertiary/aromatic N) is 1. The summed E-state index contributed by atoms with van der Waals surface area (Å²) in [7, 11) is -3.87. The number of nitrogens with one attached hydrogen (secondary N) is 1. The smallest absolute Gasteiger partial charge is 0.264 e. The lowest BCUT2D eigenvalue weighted by Crippen LogP contribution is -2.51. The third-order valence-corrected chi connectivity index (χ3v) is 6.89. The van der Waals surface area contributed by atoms with Crippen molar-refractivity contribution in [1.29, 1.82) is 0 Å². The van der Waals surface area contributed by atoms with Crippen molar-refractivity contribution in [2.75, 3.05) is 24.0 Å². The standard InChI is InChI=1S/C23H21ClN2O5S/c24-17-10-12-18(13-11-17)30-15-14-25-23(27)22-16-26(20-8-4-5-9-21(20)31-22)32(28,29)19-6-2-1-3-7-19/h1-13,22H,14-16H2,(H,25,27)/t22-/m0/s1. The number of halogens is 1. The molecule has 0 fully saturated rings. The van der Waals surface area contributed by atoms with Crippen LogP contribution in [0.2, 0.25) is 5.02 Å². The molecule has 0 aliphatic carbocycles. The minimum absolute atomic E-state index is 0.141. The Balaban J connectivity index is 1.45. The van der Waals surface area contributed by atoms with E-state index in [0.717, 1.165) is 0 Å². The summed E-state index contributed by atoms with van der Waals surface area (Å²) in [5.74, 6) is 0.537. The van der Waals surface area contributed by atoms with E-state index in [-0.39, 0.29) is 24.6 Å². The minimum Gasteiger partial charge on any atom is -0.492 e. The maximum Gasteiger partial charge on any atom is 0.264 e. The van der Waals surface area contributed by atoms with E-state index in [4.69, 9.17) is 21.1 Å². The molecule has 1 aliphatic rings. The summed E-state index contributed by atoms with van der Waals surface area (Å²) in [5.41, 5.74) is 0.395. The van der Waals surface area contributed by atoms with E-state index in [1.165, 1.54) is 16.4 Å². The Kier molecular flexibility index (Phi) is 6.53. The second kappa shape index (κ2) is 9.50. The highest BCUT2D eigenvalue weighted by Crippen LogP contribution is 2.36. The van der Waals surface area contributed by atoms with Gasteiger partial charge >= 0.3 is 0 Å². The van der Waals surface area contributed by atoms with Gasteiger partial charge in [0.1, 0.15) is 18.1 Å². The van der Waals surface area contributed by atoms with Gasteiger partial charge in [-0.3, -0.25) is 9.10 Å². The molecule has 3 aromatic carbocycles. The summed E-state index contributed by atoms with van der Waals surface area (Å²) < 4.78 is 39.1. The van der Waals surface area contributed by atoms with Crippen LogP contribution < -0.4 is 19.1 Å². The third-order valence-electron chi connectivity index (χ3n) is 4.84. The Morgan fingerprint density at radius 1 is 1.03 bits per heavy atom. The van der Waals surface area contributed by atoms with Gasteiger partial charge in [-0.05, 0) is 48.5 Å². The molecule has 1 heterocycles.